The number of esters is 1. The number of aromatic nitrogens is 1. The van der Waals surface area contributed by atoms with Crippen LogP contribution in [0.5, 0.6) is 0 Å². The lowest BCUT2D eigenvalue weighted by Gasteiger charge is -2.34. The number of rotatable bonds is 4. The first-order chi connectivity index (χ1) is 11.3. The predicted molar refractivity (Wildman–Crippen MR) is 93.7 cm³/mol. The van der Waals surface area contributed by atoms with Gasteiger partial charge in [-0.1, -0.05) is 61.5 Å². The zero-order valence-electron chi connectivity index (χ0n) is 13.4. The number of carbonyl (C=O) groups is 2. The standard InChI is InChI=1S/C16H19Cl3N2O3/c1-8-4-3-5-11(9(8)2)21-12(22)7-24-16(23)15-14(19)13(18)10(17)6-20-15/h6,8-9,11H,3-5,7H2,1-2H3,(H,21,22). The number of nitrogens with one attached hydrogen (secondary N) is 1. The van der Waals surface area contributed by atoms with Crippen molar-refractivity contribution in [1.82, 2.24) is 10.3 Å². The third-order valence-electron chi connectivity index (χ3n) is 4.50. The van der Waals surface area contributed by atoms with E-state index in [4.69, 9.17) is 39.5 Å². The van der Waals surface area contributed by atoms with Gasteiger partial charge in [-0.3, -0.25) is 4.79 Å². The van der Waals surface area contributed by atoms with E-state index in [9.17, 15) is 9.59 Å². The normalized spacial score (nSPS) is 23.6. The van der Waals surface area contributed by atoms with Gasteiger partial charge in [0.25, 0.3) is 5.91 Å². The summed E-state index contributed by atoms with van der Waals surface area (Å²) in [6.45, 7) is 3.91. The summed E-state index contributed by atoms with van der Waals surface area (Å²) in [6.07, 6.45) is 4.39. The molecule has 0 aromatic carbocycles. The summed E-state index contributed by atoms with van der Waals surface area (Å²) in [6, 6.07) is 0.103. The molecule has 1 aliphatic rings. The second-order valence-electron chi connectivity index (χ2n) is 6.10. The van der Waals surface area contributed by atoms with Gasteiger partial charge >= 0.3 is 5.97 Å². The number of halogens is 3. The van der Waals surface area contributed by atoms with E-state index >= 15 is 0 Å². The van der Waals surface area contributed by atoms with Crippen molar-refractivity contribution in [1.29, 1.82) is 0 Å². The Hall–Kier alpha value is -1.04. The van der Waals surface area contributed by atoms with Gasteiger partial charge in [0.05, 0.1) is 15.1 Å². The lowest BCUT2D eigenvalue weighted by molar-refractivity contribution is -0.125. The van der Waals surface area contributed by atoms with Crippen LogP contribution in [0.3, 0.4) is 0 Å². The number of amides is 1. The van der Waals surface area contributed by atoms with Gasteiger partial charge in [-0.2, -0.15) is 0 Å². The molecule has 0 bridgehead atoms. The van der Waals surface area contributed by atoms with Crippen LogP contribution in [0.25, 0.3) is 0 Å². The molecule has 1 saturated carbocycles. The Bertz CT molecular complexity index is 639. The fourth-order valence-corrected chi connectivity index (χ4v) is 3.38. The van der Waals surface area contributed by atoms with E-state index in [1.165, 1.54) is 12.6 Å². The third kappa shape index (κ3) is 4.52. The third-order valence-corrected chi connectivity index (χ3v) is 5.74. The highest BCUT2D eigenvalue weighted by atomic mass is 35.5. The van der Waals surface area contributed by atoms with Gasteiger partial charge in [-0.25, -0.2) is 9.78 Å². The van der Waals surface area contributed by atoms with Crippen molar-refractivity contribution in [2.45, 2.75) is 39.2 Å². The van der Waals surface area contributed by atoms with Crippen molar-refractivity contribution >= 4 is 46.7 Å². The van der Waals surface area contributed by atoms with Gasteiger partial charge in [0.15, 0.2) is 12.3 Å². The van der Waals surface area contributed by atoms with Crippen LogP contribution >= 0.6 is 34.8 Å². The molecule has 132 valence electrons. The van der Waals surface area contributed by atoms with E-state index in [-0.39, 0.29) is 32.7 Å². The van der Waals surface area contributed by atoms with E-state index in [1.807, 2.05) is 0 Å². The maximum absolute atomic E-state index is 12.0. The molecule has 1 N–H and O–H groups in total. The Kier molecular flexibility index (Phi) is 6.72. The Labute approximate surface area is 156 Å². The monoisotopic (exact) mass is 392 g/mol. The molecule has 0 saturated heterocycles. The molecule has 0 aliphatic heterocycles. The van der Waals surface area contributed by atoms with Crippen molar-refractivity contribution < 1.29 is 14.3 Å². The molecule has 2 rings (SSSR count). The second-order valence-corrected chi connectivity index (χ2v) is 7.26. The fraction of sp³-hybridized carbons (Fsp3) is 0.562. The van der Waals surface area contributed by atoms with Crippen molar-refractivity contribution in [2.75, 3.05) is 6.61 Å². The highest BCUT2D eigenvalue weighted by Crippen LogP contribution is 2.31. The number of pyridine rings is 1. The molecule has 5 nitrogen and oxygen atoms in total. The van der Waals surface area contributed by atoms with Gasteiger partial charge in [-0.15, -0.1) is 0 Å². The van der Waals surface area contributed by atoms with Crippen LogP contribution in [0.15, 0.2) is 6.20 Å². The average molecular weight is 394 g/mol. The molecule has 0 spiro atoms. The molecule has 1 aromatic rings. The number of ether oxygens (including phenoxy) is 1. The molecule has 0 radical (unpaired) electrons. The summed E-state index contributed by atoms with van der Waals surface area (Å²) in [4.78, 5) is 27.8. The quantitative estimate of drug-likeness (QED) is 0.781. The topological polar surface area (TPSA) is 68.3 Å². The van der Waals surface area contributed by atoms with Gasteiger partial charge < -0.3 is 10.1 Å². The van der Waals surface area contributed by atoms with Crippen molar-refractivity contribution in [2.24, 2.45) is 11.8 Å². The highest BCUT2D eigenvalue weighted by molar-refractivity contribution is 6.48. The largest absolute Gasteiger partial charge is 0.451 e. The Morgan fingerprint density at radius 2 is 1.96 bits per heavy atom. The highest BCUT2D eigenvalue weighted by Gasteiger charge is 2.28. The van der Waals surface area contributed by atoms with Crippen LogP contribution in [0.1, 0.15) is 43.6 Å². The maximum Gasteiger partial charge on any atom is 0.359 e. The van der Waals surface area contributed by atoms with E-state index in [0.717, 1.165) is 12.8 Å². The zero-order chi connectivity index (χ0) is 17.9. The first-order valence-electron chi connectivity index (χ1n) is 7.77. The maximum atomic E-state index is 12.0. The number of hydrogen-bond acceptors (Lipinski definition) is 4. The number of nitrogens with zero attached hydrogens (tertiary/aromatic N) is 1. The van der Waals surface area contributed by atoms with Crippen molar-refractivity contribution in [3.8, 4) is 0 Å². The molecule has 24 heavy (non-hydrogen) atoms. The minimum absolute atomic E-state index is 0.0229. The zero-order valence-corrected chi connectivity index (χ0v) is 15.7. The molecule has 1 amide bonds. The van der Waals surface area contributed by atoms with Crippen LogP contribution in [-0.4, -0.2) is 29.5 Å². The van der Waals surface area contributed by atoms with E-state index in [1.54, 1.807) is 0 Å². The smallest absolute Gasteiger partial charge is 0.359 e. The minimum atomic E-state index is -0.821. The molecule has 1 aliphatic carbocycles. The fourth-order valence-electron chi connectivity index (χ4n) is 2.82. The summed E-state index contributed by atoms with van der Waals surface area (Å²) in [5.74, 6) is -0.209. The van der Waals surface area contributed by atoms with Crippen LogP contribution in [-0.2, 0) is 9.53 Å². The van der Waals surface area contributed by atoms with Gasteiger partial charge in [-0.05, 0) is 18.3 Å². The summed E-state index contributed by atoms with van der Waals surface area (Å²) in [5.41, 5.74) is -0.168. The molecular formula is C16H19Cl3N2O3. The van der Waals surface area contributed by atoms with Crippen LogP contribution in [0.2, 0.25) is 15.1 Å². The van der Waals surface area contributed by atoms with E-state index < -0.39 is 12.6 Å². The Morgan fingerprint density at radius 3 is 2.67 bits per heavy atom. The lowest BCUT2D eigenvalue weighted by atomic mass is 9.78. The van der Waals surface area contributed by atoms with Crippen LogP contribution in [0, 0.1) is 11.8 Å². The van der Waals surface area contributed by atoms with Crippen molar-refractivity contribution in [3.05, 3.63) is 27.0 Å². The summed E-state index contributed by atoms with van der Waals surface area (Å²) < 4.78 is 4.97. The van der Waals surface area contributed by atoms with Gasteiger partial charge in [0.1, 0.15) is 0 Å². The minimum Gasteiger partial charge on any atom is -0.451 e. The molecule has 3 unspecified atom stereocenters. The average Bonchev–Trinajstić information content (AvgIpc) is 2.55. The van der Waals surface area contributed by atoms with E-state index in [2.05, 4.69) is 24.1 Å². The summed E-state index contributed by atoms with van der Waals surface area (Å²) in [7, 11) is 0. The SMILES string of the molecule is CC1CCCC(NC(=O)COC(=O)c2ncc(Cl)c(Cl)c2Cl)C1C. The van der Waals surface area contributed by atoms with Gasteiger partial charge in [0, 0.05) is 12.2 Å². The Balaban J connectivity index is 1.90. The molecular weight excluding hydrogens is 375 g/mol. The summed E-state index contributed by atoms with van der Waals surface area (Å²) in [5, 5.41) is 2.99. The lowest BCUT2D eigenvalue weighted by Crippen LogP contribution is -2.45. The Morgan fingerprint density at radius 1 is 1.25 bits per heavy atom. The first kappa shape index (κ1) is 19.3. The van der Waals surface area contributed by atoms with Gasteiger partial charge in [0.2, 0.25) is 0 Å². The molecule has 1 heterocycles. The predicted octanol–water partition coefficient (Wildman–Crippen LogP) is 4.14. The van der Waals surface area contributed by atoms with Crippen LogP contribution < -0.4 is 5.32 Å². The number of hydrogen-bond donors (Lipinski definition) is 1. The summed E-state index contributed by atoms with van der Waals surface area (Å²) >= 11 is 17.5. The van der Waals surface area contributed by atoms with Crippen LogP contribution in [0.4, 0.5) is 0 Å². The second kappa shape index (κ2) is 8.37. The first-order valence-corrected chi connectivity index (χ1v) is 8.90. The number of carbonyl (C=O) groups excluding carboxylic acids is 2. The molecule has 8 heteroatoms. The molecule has 1 aromatic heterocycles. The molecule has 1 fully saturated rings. The van der Waals surface area contributed by atoms with Crippen molar-refractivity contribution in [3.63, 3.8) is 0 Å². The molecule has 3 atom stereocenters. The van der Waals surface area contributed by atoms with E-state index in [0.29, 0.717) is 11.8 Å².